The molecule has 0 aliphatic carbocycles. The lowest BCUT2D eigenvalue weighted by atomic mass is 10.1. The summed E-state index contributed by atoms with van der Waals surface area (Å²) in [5, 5.41) is 4.91. The van der Waals surface area contributed by atoms with E-state index >= 15 is 0 Å². The molecule has 1 aromatic carbocycles. The van der Waals surface area contributed by atoms with Crippen LogP contribution in [0.2, 0.25) is 0 Å². The van der Waals surface area contributed by atoms with Gasteiger partial charge in [-0.3, -0.25) is 4.79 Å². The number of halogens is 4. The third-order valence-electron chi connectivity index (χ3n) is 2.30. The Morgan fingerprint density at radius 3 is 2.50 bits per heavy atom. The van der Waals surface area contributed by atoms with Crippen LogP contribution < -0.4 is 10.6 Å². The van der Waals surface area contributed by atoms with E-state index in [1.807, 2.05) is 0 Å². The Morgan fingerprint density at radius 1 is 1.39 bits per heavy atom. The number of likely N-dealkylation sites (N-methyl/N-ethyl adjacent to an activating group) is 1. The lowest BCUT2D eigenvalue weighted by Gasteiger charge is -2.18. The highest BCUT2D eigenvalue weighted by Gasteiger charge is 2.34. The Labute approximate surface area is 111 Å². The molecule has 7 heteroatoms. The van der Waals surface area contributed by atoms with Crippen molar-refractivity contribution < 1.29 is 18.0 Å². The number of benzene rings is 1. The fourth-order valence-electron chi connectivity index (χ4n) is 1.40. The molecular weight excluding hydrogens is 313 g/mol. The fraction of sp³-hybridized carbons (Fsp3) is 0.364. The van der Waals surface area contributed by atoms with Gasteiger partial charge in [0.05, 0.1) is 5.56 Å². The Balaban J connectivity index is 3.07. The van der Waals surface area contributed by atoms with E-state index in [1.54, 1.807) is 0 Å². The van der Waals surface area contributed by atoms with Crippen LogP contribution >= 0.6 is 15.9 Å². The van der Waals surface area contributed by atoms with E-state index in [1.165, 1.54) is 26.1 Å². The minimum atomic E-state index is -4.47. The van der Waals surface area contributed by atoms with Crippen LogP contribution in [0.4, 0.5) is 18.9 Å². The smallest absolute Gasteiger partial charge is 0.373 e. The summed E-state index contributed by atoms with van der Waals surface area (Å²) in [7, 11) is 1.42. The van der Waals surface area contributed by atoms with Gasteiger partial charge in [-0.05, 0) is 25.1 Å². The Hall–Kier alpha value is -1.24. The molecule has 0 fully saturated rings. The molecule has 0 aliphatic heterocycles. The zero-order chi connectivity index (χ0) is 13.9. The van der Waals surface area contributed by atoms with E-state index in [0.717, 1.165) is 6.07 Å². The van der Waals surface area contributed by atoms with Crippen LogP contribution in [-0.2, 0) is 11.0 Å². The van der Waals surface area contributed by atoms with Gasteiger partial charge in [0.2, 0.25) is 5.91 Å². The number of amides is 1. The molecule has 0 heterocycles. The molecule has 0 aromatic heterocycles. The maximum Gasteiger partial charge on any atom is 0.418 e. The number of hydrogen-bond acceptors (Lipinski definition) is 2. The Bertz CT molecular complexity index is 448. The van der Waals surface area contributed by atoms with Crippen LogP contribution in [0.15, 0.2) is 22.7 Å². The number of anilines is 1. The van der Waals surface area contributed by atoms with Gasteiger partial charge < -0.3 is 10.6 Å². The molecule has 1 atom stereocenters. The lowest BCUT2D eigenvalue weighted by Crippen LogP contribution is -2.35. The molecule has 1 aromatic rings. The van der Waals surface area contributed by atoms with Gasteiger partial charge in [0, 0.05) is 17.2 Å². The Morgan fingerprint density at radius 2 is 2.00 bits per heavy atom. The van der Waals surface area contributed by atoms with Crippen LogP contribution in [0.25, 0.3) is 0 Å². The van der Waals surface area contributed by atoms with Crippen molar-refractivity contribution in [3.8, 4) is 0 Å². The summed E-state index contributed by atoms with van der Waals surface area (Å²) in [6, 6.07) is 2.80. The van der Waals surface area contributed by atoms with Crippen LogP contribution in [-0.4, -0.2) is 19.0 Å². The number of carbonyl (C=O) groups excluding carboxylic acids is 1. The van der Waals surface area contributed by atoms with E-state index < -0.39 is 17.8 Å². The fourth-order valence-corrected chi connectivity index (χ4v) is 1.76. The monoisotopic (exact) mass is 324 g/mol. The minimum absolute atomic E-state index is 0.132. The van der Waals surface area contributed by atoms with Gasteiger partial charge >= 0.3 is 6.18 Å². The summed E-state index contributed by atoms with van der Waals surface area (Å²) >= 11 is 3.10. The quantitative estimate of drug-likeness (QED) is 0.897. The summed E-state index contributed by atoms with van der Waals surface area (Å²) < 4.78 is 38.8. The summed E-state index contributed by atoms with van der Waals surface area (Å²) in [4.78, 5) is 11.3. The molecule has 2 N–H and O–H groups in total. The molecule has 0 radical (unpaired) electrons. The van der Waals surface area contributed by atoms with Crippen molar-refractivity contribution >= 4 is 27.5 Å². The average Bonchev–Trinajstić information content (AvgIpc) is 2.26. The summed E-state index contributed by atoms with van der Waals surface area (Å²) in [6.45, 7) is 1.49. The highest BCUT2D eigenvalue weighted by atomic mass is 79.9. The Kier molecular flexibility index (Phi) is 4.61. The first-order valence-electron chi connectivity index (χ1n) is 5.10. The van der Waals surface area contributed by atoms with E-state index in [0.29, 0.717) is 4.47 Å². The minimum Gasteiger partial charge on any atom is -0.373 e. The molecule has 1 amide bonds. The van der Waals surface area contributed by atoms with Crippen LogP contribution in [0.3, 0.4) is 0 Å². The molecule has 3 nitrogen and oxygen atoms in total. The normalized spacial score (nSPS) is 13.0. The number of nitrogens with one attached hydrogen (secondary N) is 2. The molecular formula is C11H12BrF3N2O. The topological polar surface area (TPSA) is 41.1 Å². The first-order chi connectivity index (χ1) is 8.25. The third kappa shape index (κ3) is 3.63. The first-order valence-corrected chi connectivity index (χ1v) is 5.90. The highest BCUT2D eigenvalue weighted by Crippen LogP contribution is 2.36. The molecule has 0 saturated carbocycles. The summed E-state index contributed by atoms with van der Waals surface area (Å²) in [5.41, 5.74) is -0.936. The molecule has 1 unspecified atom stereocenters. The molecule has 0 bridgehead atoms. The van der Waals surface area contributed by atoms with Crippen LogP contribution in [0.5, 0.6) is 0 Å². The lowest BCUT2D eigenvalue weighted by molar-refractivity contribution is -0.137. The van der Waals surface area contributed by atoms with E-state index in [-0.39, 0.29) is 11.6 Å². The average molecular weight is 325 g/mol. The van der Waals surface area contributed by atoms with E-state index in [4.69, 9.17) is 0 Å². The second-order valence-corrected chi connectivity index (χ2v) is 4.58. The van der Waals surface area contributed by atoms with Gasteiger partial charge in [-0.2, -0.15) is 13.2 Å². The highest BCUT2D eigenvalue weighted by molar-refractivity contribution is 9.10. The number of carbonyl (C=O) groups is 1. The summed E-state index contributed by atoms with van der Waals surface area (Å²) in [6.07, 6.45) is -4.47. The van der Waals surface area contributed by atoms with Crippen molar-refractivity contribution in [3.63, 3.8) is 0 Å². The molecule has 0 aliphatic rings. The van der Waals surface area contributed by atoms with Crippen LogP contribution in [0, 0.1) is 0 Å². The van der Waals surface area contributed by atoms with Crippen molar-refractivity contribution in [3.05, 3.63) is 28.2 Å². The van der Waals surface area contributed by atoms with E-state index in [2.05, 4.69) is 26.6 Å². The van der Waals surface area contributed by atoms with Crippen molar-refractivity contribution in [1.29, 1.82) is 0 Å². The largest absolute Gasteiger partial charge is 0.418 e. The number of hydrogen-bond donors (Lipinski definition) is 2. The molecule has 0 saturated heterocycles. The van der Waals surface area contributed by atoms with Gasteiger partial charge in [-0.25, -0.2) is 0 Å². The second kappa shape index (κ2) is 5.60. The van der Waals surface area contributed by atoms with Gasteiger partial charge in [-0.15, -0.1) is 0 Å². The summed E-state index contributed by atoms with van der Waals surface area (Å²) in [5.74, 6) is -0.386. The number of rotatable bonds is 3. The number of alkyl halides is 3. The second-order valence-electron chi connectivity index (χ2n) is 3.67. The van der Waals surface area contributed by atoms with Crippen LogP contribution in [0.1, 0.15) is 12.5 Å². The van der Waals surface area contributed by atoms with Crippen molar-refractivity contribution in [2.45, 2.75) is 19.1 Å². The SMILES string of the molecule is CNC(=O)C(C)Nc1cc(Br)ccc1C(F)(F)F. The van der Waals surface area contributed by atoms with Crippen molar-refractivity contribution in [2.24, 2.45) is 0 Å². The maximum absolute atomic E-state index is 12.8. The van der Waals surface area contributed by atoms with Crippen molar-refractivity contribution in [1.82, 2.24) is 5.32 Å². The molecule has 0 spiro atoms. The first kappa shape index (κ1) is 14.8. The standard InChI is InChI=1S/C11H12BrF3N2O/c1-6(10(18)16-2)17-9-5-7(12)3-4-8(9)11(13,14)15/h3-6,17H,1-2H3,(H,16,18). The van der Waals surface area contributed by atoms with Crippen molar-refractivity contribution in [2.75, 3.05) is 12.4 Å². The molecule has 100 valence electrons. The predicted molar refractivity (Wildman–Crippen MR) is 66.3 cm³/mol. The zero-order valence-corrected chi connectivity index (χ0v) is 11.3. The van der Waals surface area contributed by atoms with Gasteiger partial charge in [0.15, 0.2) is 0 Å². The van der Waals surface area contributed by atoms with Gasteiger partial charge in [0.1, 0.15) is 6.04 Å². The van der Waals surface area contributed by atoms with Gasteiger partial charge in [0.25, 0.3) is 0 Å². The molecule has 1 rings (SSSR count). The van der Waals surface area contributed by atoms with E-state index in [9.17, 15) is 18.0 Å². The maximum atomic E-state index is 12.8. The molecule has 18 heavy (non-hydrogen) atoms. The zero-order valence-electron chi connectivity index (χ0n) is 9.73. The third-order valence-corrected chi connectivity index (χ3v) is 2.79. The van der Waals surface area contributed by atoms with Gasteiger partial charge in [-0.1, -0.05) is 15.9 Å². The predicted octanol–water partition coefficient (Wildman–Crippen LogP) is 3.01.